The molecule has 4 nitrogen and oxygen atoms in total. The minimum Gasteiger partial charge on any atom is -0.223 e. The number of hydrogen-bond acceptors (Lipinski definition) is 6. The molecule has 0 spiro atoms. The molecule has 0 aliphatic carbocycles. The molecule has 7 heteroatoms. The van der Waals surface area contributed by atoms with E-state index in [9.17, 15) is 0 Å². The molecule has 0 aliphatic rings. The van der Waals surface area contributed by atoms with Gasteiger partial charge in [0.2, 0.25) is 5.28 Å². The molecular weight excluding hydrogens is 264 g/mol. The van der Waals surface area contributed by atoms with Gasteiger partial charge < -0.3 is 0 Å². The third-order valence-corrected chi connectivity index (χ3v) is 3.64. The van der Waals surface area contributed by atoms with Crippen molar-refractivity contribution in [1.82, 2.24) is 19.3 Å². The summed E-state index contributed by atoms with van der Waals surface area (Å²) in [7, 11) is 0. The van der Waals surface area contributed by atoms with Gasteiger partial charge in [0.05, 0.1) is 0 Å². The maximum atomic E-state index is 5.78. The average Bonchev–Trinajstić information content (AvgIpc) is 2.64. The maximum Gasteiger partial charge on any atom is 0.223 e. The summed E-state index contributed by atoms with van der Waals surface area (Å²) in [6.45, 7) is 3.91. The van der Waals surface area contributed by atoms with Crippen LogP contribution in [0.25, 0.3) is 0 Å². The lowest BCUT2D eigenvalue weighted by atomic mass is 10.5. The van der Waals surface area contributed by atoms with Crippen LogP contribution >= 0.6 is 34.9 Å². The highest BCUT2D eigenvalue weighted by Gasteiger charge is 2.07. The van der Waals surface area contributed by atoms with Crippen LogP contribution in [0.4, 0.5) is 0 Å². The van der Waals surface area contributed by atoms with Gasteiger partial charge in [0.1, 0.15) is 10.9 Å². The highest BCUT2D eigenvalue weighted by Crippen LogP contribution is 2.28. The highest BCUT2D eigenvalue weighted by molar-refractivity contribution is 8.00. The van der Waals surface area contributed by atoms with Crippen LogP contribution in [0.1, 0.15) is 18.4 Å². The zero-order valence-corrected chi connectivity index (χ0v) is 11.2. The first kappa shape index (κ1) is 11.8. The van der Waals surface area contributed by atoms with Gasteiger partial charge in [0.15, 0.2) is 4.34 Å². The Kier molecular flexibility index (Phi) is 3.73. The van der Waals surface area contributed by atoms with E-state index in [1.807, 2.05) is 19.9 Å². The fraction of sp³-hybridized carbons (Fsp3) is 0.333. The molecule has 2 aromatic heterocycles. The SMILES string of the molecule is CCc1nsc(Sc2cc(C)nc(Cl)n2)n1. The van der Waals surface area contributed by atoms with Crippen molar-refractivity contribution >= 4 is 34.9 Å². The average molecular weight is 273 g/mol. The lowest BCUT2D eigenvalue weighted by Gasteiger charge is -1.98. The third kappa shape index (κ3) is 2.90. The highest BCUT2D eigenvalue weighted by atomic mass is 35.5. The summed E-state index contributed by atoms with van der Waals surface area (Å²) in [5.74, 6) is 0.865. The zero-order chi connectivity index (χ0) is 11.5. The standard InChI is InChI=1S/C9H9ClN4S2/c1-3-6-12-9(16-14-6)15-7-4-5(2)11-8(10)13-7/h4H,3H2,1-2H3. The van der Waals surface area contributed by atoms with Gasteiger partial charge in [-0.25, -0.2) is 15.0 Å². The van der Waals surface area contributed by atoms with Gasteiger partial charge in [-0.3, -0.25) is 0 Å². The van der Waals surface area contributed by atoms with E-state index in [1.54, 1.807) is 0 Å². The van der Waals surface area contributed by atoms with Crippen LogP contribution in [-0.2, 0) is 6.42 Å². The number of nitrogens with zero attached hydrogens (tertiary/aromatic N) is 4. The molecule has 0 saturated heterocycles. The second-order valence-electron chi connectivity index (χ2n) is 3.05. The fourth-order valence-corrected chi connectivity index (χ4v) is 3.05. The summed E-state index contributed by atoms with van der Waals surface area (Å²) in [6.07, 6.45) is 0.848. The number of hydrogen-bond donors (Lipinski definition) is 0. The minimum atomic E-state index is 0.266. The van der Waals surface area contributed by atoms with Crippen LogP contribution in [0, 0.1) is 6.92 Å². The van der Waals surface area contributed by atoms with Crippen molar-refractivity contribution in [3.05, 3.63) is 22.9 Å². The van der Waals surface area contributed by atoms with Crippen LogP contribution in [0.5, 0.6) is 0 Å². The van der Waals surface area contributed by atoms with Gasteiger partial charge in [0.25, 0.3) is 0 Å². The Labute approximate surface area is 107 Å². The van der Waals surface area contributed by atoms with Gasteiger partial charge in [-0.2, -0.15) is 4.37 Å². The van der Waals surface area contributed by atoms with Gasteiger partial charge in [-0.15, -0.1) is 0 Å². The van der Waals surface area contributed by atoms with Gasteiger partial charge in [-0.05, 0) is 47.9 Å². The summed E-state index contributed by atoms with van der Waals surface area (Å²) in [5, 5.41) is 1.07. The molecule has 0 unspecified atom stereocenters. The number of halogens is 1. The topological polar surface area (TPSA) is 51.6 Å². The second kappa shape index (κ2) is 5.07. The molecule has 0 saturated carbocycles. The monoisotopic (exact) mass is 272 g/mol. The molecule has 84 valence electrons. The van der Waals surface area contributed by atoms with Crippen molar-refractivity contribution < 1.29 is 0 Å². The Balaban J connectivity index is 2.19. The first-order valence-electron chi connectivity index (χ1n) is 4.69. The number of rotatable bonds is 3. The Morgan fingerprint density at radius 1 is 1.38 bits per heavy atom. The summed E-state index contributed by atoms with van der Waals surface area (Å²) in [5.41, 5.74) is 0.850. The third-order valence-electron chi connectivity index (χ3n) is 1.76. The Hall–Kier alpha value is -0.720. The number of aryl methyl sites for hydroxylation is 2. The number of aromatic nitrogens is 4. The lowest BCUT2D eigenvalue weighted by molar-refractivity contribution is 0.966. The van der Waals surface area contributed by atoms with E-state index in [1.165, 1.54) is 23.3 Å². The van der Waals surface area contributed by atoms with E-state index < -0.39 is 0 Å². The molecule has 2 aromatic rings. The summed E-state index contributed by atoms with van der Waals surface area (Å²) in [6, 6.07) is 1.88. The van der Waals surface area contributed by atoms with Gasteiger partial charge in [-0.1, -0.05) is 6.92 Å². The maximum absolute atomic E-state index is 5.78. The fourth-order valence-electron chi connectivity index (χ4n) is 1.07. The van der Waals surface area contributed by atoms with Crippen LogP contribution in [0.15, 0.2) is 15.4 Å². The van der Waals surface area contributed by atoms with Crippen molar-refractivity contribution in [2.24, 2.45) is 0 Å². The Morgan fingerprint density at radius 3 is 2.81 bits per heavy atom. The van der Waals surface area contributed by atoms with Crippen molar-refractivity contribution in [3.63, 3.8) is 0 Å². The normalized spacial score (nSPS) is 10.7. The predicted molar refractivity (Wildman–Crippen MR) is 65.2 cm³/mol. The molecule has 0 N–H and O–H groups in total. The molecule has 0 aromatic carbocycles. The van der Waals surface area contributed by atoms with E-state index in [4.69, 9.17) is 11.6 Å². The molecule has 0 amide bonds. The first-order valence-corrected chi connectivity index (χ1v) is 6.66. The van der Waals surface area contributed by atoms with Gasteiger partial charge in [0, 0.05) is 12.1 Å². The van der Waals surface area contributed by atoms with Crippen molar-refractivity contribution in [3.8, 4) is 0 Å². The molecular formula is C9H9ClN4S2. The smallest absolute Gasteiger partial charge is 0.223 e. The summed E-state index contributed by atoms with van der Waals surface area (Å²) < 4.78 is 5.09. The predicted octanol–water partition coefficient (Wildman–Crippen LogP) is 3.00. The first-order chi connectivity index (χ1) is 7.67. The minimum absolute atomic E-state index is 0.266. The molecule has 16 heavy (non-hydrogen) atoms. The molecule has 0 bridgehead atoms. The second-order valence-corrected chi connectivity index (χ2v) is 5.41. The molecule has 0 fully saturated rings. The quantitative estimate of drug-likeness (QED) is 0.635. The molecule has 2 rings (SSSR count). The Morgan fingerprint density at radius 2 is 2.19 bits per heavy atom. The van der Waals surface area contributed by atoms with Crippen LogP contribution in [-0.4, -0.2) is 19.3 Å². The van der Waals surface area contributed by atoms with Crippen LogP contribution in [0.3, 0.4) is 0 Å². The molecule has 0 radical (unpaired) electrons. The lowest BCUT2D eigenvalue weighted by Crippen LogP contribution is -1.88. The molecule has 2 heterocycles. The summed E-state index contributed by atoms with van der Waals surface area (Å²) >= 11 is 8.62. The van der Waals surface area contributed by atoms with E-state index >= 15 is 0 Å². The molecule has 0 atom stereocenters. The van der Waals surface area contributed by atoms with Crippen LogP contribution < -0.4 is 0 Å². The van der Waals surface area contributed by atoms with E-state index in [0.29, 0.717) is 0 Å². The summed E-state index contributed by atoms with van der Waals surface area (Å²) in [4.78, 5) is 12.5. The van der Waals surface area contributed by atoms with Crippen molar-refractivity contribution in [1.29, 1.82) is 0 Å². The van der Waals surface area contributed by atoms with Crippen LogP contribution in [0.2, 0.25) is 5.28 Å². The van der Waals surface area contributed by atoms with E-state index in [2.05, 4.69) is 19.3 Å². The van der Waals surface area contributed by atoms with Gasteiger partial charge >= 0.3 is 0 Å². The van der Waals surface area contributed by atoms with E-state index in [-0.39, 0.29) is 5.28 Å². The van der Waals surface area contributed by atoms with Crippen molar-refractivity contribution in [2.75, 3.05) is 0 Å². The molecule has 0 aliphatic heterocycles. The van der Waals surface area contributed by atoms with Crippen molar-refractivity contribution in [2.45, 2.75) is 29.6 Å². The zero-order valence-electron chi connectivity index (χ0n) is 8.77. The Bertz CT molecular complexity index is 480. The van der Waals surface area contributed by atoms with E-state index in [0.717, 1.165) is 27.3 Å². The largest absolute Gasteiger partial charge is 0.223 e.